The molecule has 1 atom stereocenters. The van der Waals surface area contributed by atoms with Gasteiger partial charge in [-0.1, -0.05) is 17.7 Å². The fourth-order valence-electron chi connectivity index (χ4n) is 3.42. The van der Waals surface area contributed by atoms with E-state index in [0.717, 1.165) is 38.0 Å². The van der Waals surface area contributed by atoms with Crippen LogP contribution >= 0.6 is 11.6 Å². The molecule has 2 N–H and O–H groups in total. The van der Waals surface area contributed by atoms with Crippen LogP contribution in [0.3, 0.4) is 0 Å². The highest BCUT2D eigenvalue weighted by Crippen LogP contribution is 2.20. The first kappa shape index (κ1) is 16.3. The van der Waals surface area contributed by atoms with Crippen LogP contribution in [0, 0.1) is 0 Å². The molecule has 1 fully saturated rings. The Labute approximate surface area is 151 Å². The van der Waals surface area contributed by atoms with E-state index < -0.39 is 0 Å². The first-order valence-electron chi connectivity index (χ1n) is 8.55. The predicted octanol–water partition coefficient (Wildman–Crippen LogP) is 2.10. The Morgan fingerprint density at radius 3 is 2.96 bits per heavy atom. The van der Waals surface area contributed by atoms with Crippen molar-refractivity contribution < 1.29 is 4.79 Å². The van der Waals surface area contributed by atoms with Crippen molar-refractivity contribution in [2.75, 3.05) is 25.0 Å². The van der Waals surface area contributed by atoms with Gasteiger partial charge in [0.25, 0.3) is 5.91 Å². The minimum atomic E-state index is 0.0997. The predicted molar refractivity (Wildman–Crippen MR) is 96.8 cm³/mol. The summed E-state index contributed by atoms with van der Waals surface area (Å²) < 4.78 is 0. The van der Waals surface area contributed by atoms with Crippen molar-refractivity contribution in [3.8, 4) is 0 Å². The first-order valence-corrected chi connectivity index (χ1v) is 8.93. The SMILES string of the molecule is O=C(c1ccc2c(c1)CCNC2)N1CC[C@@H](Nc2ncc(Cl)cn2)C1. The number of hydrogen-bond donors (Lipinski definition) is 2. The molecule has 0 radical (unpaired) electrons. The number of hydrogen-bond acceptors (Lipinski definition) is 5. The van der Waals surface area contributed by atoms with Gasteiger partial charge in [-0.25, -0.2) is 9.97 Å². The molecule has 3 heterocycles. The van der Waals surface area contributed by atoms with E-state index in [9.17, 15) is 4.79 Å². The van der Waals surface area contributed by atoms with Crippen molar-refractivity contribution in [1.29, 1.82) is 0 Å². The zero-order valence-electron chi connectivity index (χ0n) is 13.8. The largest absolute Gasteiger partial charge is 0.350 e. The Balaban J connectivity index is 1.41. The van der Waals surface area contributed by atoms with Gasteiger partial charge in [0.05, 0.1) is 17.4 Å². The molecule has 25 heavy (non-hydrogen) atoms. The molecule has 1 saturated heterocycles. The molecule has 0 saturated carbocycles. The van der Waals surface area contributed by atoms with Crippen LogP contribution in [0.25, 0.3) is 0 Å². The molecule has 4 rings (SSSR count). The molecule has 7 heteroatoms. The highest BCUT2D eigenvalue weighted by molar-refractivity contribution is 6.30. The number of fused-ring (bicyclic) bond motifs is 1. The van der Waals surface area contributed by atoms with Crippen LogP contribution in [0.1, 0.15) is 27.9 Å². The highest BCUT2D eigenvalue weighted by atomic mass is 35.5. The molecule has 6 nitrogen and oxygen atoms in total. The third-order valence-electron chi connectivity index (χ3n) is 4.77. The lowest BCUT2D eigenvalue weighted by Gasteiger charge is -2.20. The van der Waals surface area contributed by atoms with Crippen LogP contribution in [0.4, 0.5) is 5.95 Å². The minimum Gasteiger partial charge on any atom is -0.350 e. The number of anilines is 1. The fraction of sp³-hybridized carbons (Fsp3) is 0.389. The van der Waals surface area contributed by atoms with E-state index in [1.807, 2.05) is 11.0 Å². The number of nitrogens with one attached hydrogen (secondary N) is 2. The number of amides is 1. The van der Waals surface area contributed by atoms with E-state index in [0.29, 0.717) is 17.5 Å². The molecule has 1 amide bonds. The topological polar surface area (TPSA) is 70.2 Å². The van der Waals surface area contributed by atoms with E-state index >= 15 is 0 Å². The lowest BCUT2D eigenvalue weighted by Crippen LogP contribution is -2.32. The van der Waals surface area contributed by atoms with Crippen molar-refractivity contribution in [3.63, 3.8) is 0 Å². The van der Waals surface area contributed by atoms with Gasteiger partial charge < -0.3 is 15.5 Å². The lowest BCUT2D eigenvalue weighted by molar-refractivity contribution is 0.0791. The van der Waals surface area contributed by atoms with Gasteiger partial charge in [-0.3, -0.25) is 4.79 Å². The Hall–Kier alpha value is -2.18. The summed E-state index contributed by atoms with van der Waals surface area (Å²) in [5.74, 6) is 0.646. The molecular formula is C18H20ClN5O. The van der Waals surface area contributed by atoms with Gasteiger partial charge in [0.2, 0.25) is 5.95 Å². The van der Waals surface area contributed by atoms with Gasteiger partial charge in [0.1, 0.15) is 0 Å². The summed E-state index contributed by atoms with van der Waals surface area (Å²) in [6.45, 7) is 3.26. The van der Waals surface area contributed by atoms with Crippen molar-refractivity contribution in [2.24, 2.45) is 0 Å². The molecule has 2 aliphatic rings. The van der Waals surface area contributed by atoms with Crippen LogP contribution in [-0.4, -0.2) is 46.5 Å². The third kappa shape index (κ3) is 3.60. The van der Waals surface area contributed by atoms with Crippen LogP contribution < -0.4 is 10.6 Å². The van der Waals surface area contributed by atoms with E-state index in [4.69, 9.17) is 11.6 Å². The van der Waals surface area contributed by atoms with Gasteiger partial charge in [0.15, 0.2) is 0 Å². The average Bonchev–Trinajstić information content (AvgIpc) is 3.11. The van der Waals surface area contributed by atoms with E-state index in [2.05, 4.69) is 32.7 Å². The molecule has 0 bridgehead atoms. The summed E-state index contributed by atoms with van der Waals surface area (Å²) in [6, 6.07) is 6.23. The van der Waals surface area contributed by atoms with Gasteiger partial charge in [-0.05, 0) is 42.6 Å². The van der Waals surface area contributed by atoms with Crippen molar-refractivity contribution >= 4 is 23.5 Å². The monoisotopic (exact) mass is 357 g/mol. The highest BCUT2D eigenvalue weighted by Gasteiger charge is 2.27. The molecule has 2 aliphatic heterocycles. The maximum Gasteiger partial charge on any atom is 0.253 e. The van der Waals surface area contributed by atoms with Crippen LogP contribution in [-0.2, 0) is 13.0 Å². The summed E-state index contributed by atoms with van der Waals surface area (Å²) in [7, 11) is 0. The standard InChI is InChI=1S/C18H20ClN5O/c19-15-9-21-18(22-10-15)23-16-4-6-24(11-16)17(25)13-1-2-14-8-20-5-3-12(14)7-13/h1-2,7,9-10,16,20H,3-6,8,11H2,(H,21,22,23)/t16-/m1/s1. The van der Waals surface area contributed by atoms with E-state index in [1.54, 1.807) is 12.4 Å². The third-order valence-corrected chi connectivity index (χ3v) is 4.96. The number of aromatic nitrogens is 2. The summed E-state index contributed by atoms with van der Waals surface area (Å²) >= 11 is 5.80. The molecular weight excluding hydrogens is 338 g/mol. The molecule has 0 aliphatic carbocycles. The molecule has 2 aromatic rings. The second-order valence-electron chi connectivity index (χ2n) is 6.52. The van der Waals surface area contributed by atoms with Gasteiger partial charge >= 0.3 is 0 Å². The number of carbonyl (C=O) groups is 1. The summed E-state index contributed by atoms with van der Waals surface area (Å²) in [5.41, 5.74) is 3.36. The Bertz CT molecular complexity index is 780. The minimum absolute atomic E-state index is 0.0997. The maximum atomic E-state index is 12.8. The van der Waals surface area contributed by atoms with Crippen molar-refractivity contribution in [2.45, 2.75) is 25.4 Å². The van der Waals surface area contributed by atoms with Gasteiger partial charge in [-0.2, -0.15) is 0 Å². The van der Waals surface area contributed by atoms with E-state index in [1.165, 1.54) is 11.1 Å². The molecule has 0 spiro atoms. The van der Waals surface area contributed by atoms with E-state index in [-0.39, 0.29) is 11.9 Å². The smallest absolute Gasteiger partial charge is 0.253 e. The van der Waals surface area contributed by atoms with Gasteiger partial charge in [0, 0.05) is 31.2 Å². The average molecular weight is 358 g/mol. The second kappa shape index (κ2) is 6.98. The van der Waals surface area contributed by atoms with Crippen LogP contribution in [0.2, 0.25) is 5.02 Å². The zero-order valence-corrected chi connectivity index (χ0v) is 14.6. The lowest BCUT2D eigenvalue weighted by atomic mass is 9.98. The molecule has 1 aromatic carbocycles. The number of carbonyl (C=O) groups excluding carboxylic acids is 1. The van der Waals surface area contributed by atoms with Gasteiger partial charge in [-0.15, -0.1) is 0 Å². The Morgan fingerprint density at radius 2 is 2.12 bits per heavy atom. The first-order chi connectivity index (χ1) is 12.2. The zero-order chi connectivity index (χ0) is 17.2. The summed E-state index contributed by atoms with van der Waals surface area (Å²) in [6.07, 6.45) is 4.99. The molecule has 130 valence electrons. The quantitative estimate of drug-likeness (QED) is 0.880. The number of rotatable bonds is 3. The second-order valence-corrected chi connectivity index (χ2v) is 6.95. The maximum absolute atomic E-state index is 12.8. The summed E-state index contributed by atoms with van der Waals surface area (Å²) in [4.78, 5) is 23.0. The number of halogens is 1. The van der Waals surface area contributed by atoms with Crippen molar-refractivity contribution in [3.05, 3.63) is 52.3 Å². The molecule has 0 unspecified atom stereocenters. The fourth-order valence-corrected chi connectivity index (χ4v) is 3.52. The molecule has 1 aromatic heterocycles. The van der Waals surface area contributed by atoms with Crippen LogP contribution in [0.5, 0.6) is 0 Å². The van der Waals surface area contributed by atoms with Crippen LogP contribution in [0.15, 0.2) is 30.6 Å². The number of benzene rings is 1. The summed E-state index contributed by atoms with van der Waals surface area (Å²) in [5, 5.41) is 7.14. The Morgan fingerprint density at radius 1 is 1.28 bits per heavy atom. The Kier molecular flexibility index (Phi) is 4.55. The van der Waals surface area contributed by atoms with Crippen molar-refractivity contribution in [1.82, 2.24) is 20.2 Å². The normalized spacial score (nSPS) is 19.6. The number of likely N-dealkylation sites (tertiary alicyclic amines) is 1. The number of nitrogens with zero attached hydrogens (tertiary/aromatic N) is 3.